The summed E-state index contributed by atoms with van der Waals surface area (Å²) in [5.41, 5.74) is 4.43. The maximum absolute atomic E-state index is 5.51. The Bertz CT molecular complexity index is 762. The van der Waals surface area contributed by atoms with Crippen molar-refractivity contribution in [2.45, 2.75) is 0 Å². The first-order valence-electron chi connectivity index (χ1n) is 7.41. The van der Waals surface area contributed by atoms with Crippen LogP contribution in [0.3, 0.4) is 0 Å². The Morgan fingerprint density at radius 3 is 1.39 bits per heavy atom. The highest BCUT2D eigenvalue weighted by molar-refractivity contribution is 7.28. The number of rotatable bonds is 4. The first kappa shape index (κ1) is 15.6. The average molecular weight is 322 g/mol. The molecule has 0 aromatic heterocycles. The van der Waals surface area contributed by atoms with Crippen molar-refractivity contribution >= 4 is 14.5 Å². The van der Waals surface area contributed by atoms with Crippen LogP contribution in [0.2, 0.25) is 0 Å². The molecule has 3 aromatic rings. The molecule has 0 amide bonds. The molecular weight excluding hydrogens is 303 g/mol. The molecule has 1 atom stereocenters. The van der Waals surface area contributed by atoms with E-state index in [9.17, 15) is 0 Å². The van der Waals surface area contributed by atoms with Crippen LogP contribution in [-0.4, -0.2) is 14.2 Å². The predicted octanol–water partition coefficient (Wildman–Crippen LogP) is 4.54. The van der Waals surface area contributed by atoms with Crippen molar-refractivity contribution in [3.05, 3.63) is 66.7 Å². The number of methoxy groups -OCH3 is 2. The largest absolute Gasteiger partial charge is 0.496 e. The Labute approximate surface area is 139 Å². The van der Waals surface area contributed by atoms with Gasteiger partial charge in [-0.3, -0.25) is 0 Å². The molecule has 2 nitrogen and oxygen atoms in total. The zero-order chi connectivity index (χ0) is 16.2. The van der Waals surface area contributed by atoms with Gasteiger partial charge in [0.25, 0.3) is 0 Å². The zero-order valence-electron chi connectivity index (χ0n) is 13.2. The summed E-state index contributed by atoms with van der Waals surface area (Å²) < 4.78 is 11.0. The summed E-state index contributed by atoms with van der Waals surface area (Å²) in [4.78, 5) is 0. The third-order valence-corrected chi connectivity index (χ3v) is 4.52. The number of hydrogen-bond donors (Lipinski definition) is 0. The van der Waals surface area contributed by atoms with Crippen LogP contribution in [0, 0.1) is 0 Å². The van der Waals surface area contributed by atoms with Crippen molar-refractivity contribution in [2.24, 2.45) is 0 Å². The van der Waals surface area contributed by atoms with Crippen LogP contribution < -0.4 is 14.8 Å². The van der Waals surface area contributed by atoms with E-state index in [0.29, 0.717) is 0 Å². The summed E-state index contributed by atoms with van der Waals surface area (Å²) in [6.07, 6.45) is 0. The lowest BCUT2D eigenvalue weighted by molar-refractivity contribution is 0.416. The van der Waals surface area contributed by atoms with E-state index in [-0.39, 0.29) is 0 Å². The summed E-state index contributed by atoms with van der Waals surface area (Å²) >= 11 is 0. The Kier molecular flexibility index (Phi) is 4.64. The van der Waals surface area contributed by atoms with E-state index < -0.39 is 0 Å². The molecule has 0 N–H and O–H groups in total. The Balaban J connectivity index is 2.20. The fourth-order valence-corrected chi connectivity index (χ4v) is 3.27. The highest BCUT2D eigenvalue weighted by Gasteiger charge is 2.13. The van der Waals surface area contributed by atoms with Gasteiger partial charge in [0.2, 0.25) is 0 Å². The van der Waals surface area contributed by atoms with Crippen LogP contribution in [0.15, 0.2) is 66.7 Å². The van der Waals surface area contributed by atoms with Crippen molar-refractivity contribution in [1.29, 1.82) is 0 Å². The molecular formula is C20H19O2P. The van der Waals surface area contributed by atoms with E-state index in [4.69, 9.17) is 9.47 Å². The molecule has 3 rings (SSSR count). The minimum Gasteiger partial charge on any atom is -0.496 e. The van der Waals surface area contributed by atoms with Crippen molar-refractivity contribution in [3.63, 3.8) is 0 Å². The second kappa shape index (κ2) is 6.85. The second-order valence-corrected chi connectivity index (χ2v) is 5.74. The van der Waals surface area contributed by atoms with E-state index >= 15 is 0 Å². The Morgan fingerprint density at radius 2 is 0.957 bits per heavy atom. The van der Waals surface area contributed by atoms with E-state index in [1.54, 1.807) is 14.2 Å². The second-order valence-electron chi connectivity index (χ2n) is 5.17. The minimum atomic E-state index is 0.869. The van der Waals surface area contributed by atoms with E-state index in [1.807, 2.05) is 36.4 Å². The molecule has 0 saturated carbocycles. The van der Waals surface area contributed by atoms with E-state index in [2.05, 4.69) is 39.6 Å². The lowest BCUT2D eigenvalue weighted by Crippen LogP contribution is -2.03. The predicted molar refractivity (Wildman–Crippen MR) is 99.8 cm³/mol. The van der Waals surface area contributed by atoms with Crippen LogP contribution in [0.4, 0.5) is 0 Å². The van der Waals surface area contributed by atoms with Crippen LogP contribution in [0.25, 0.3) is 22.3 Å². The molecule has 0 bridgehead atoms. The van der Waals surface area contributed by atoms with Crippen LogP contribution in [0.1, 0.15) is 0 Å². The van der Waals surface area contributed by atoms with Crippen LogP contribution in [0.5, 0.6) is 11.5 Å². The molecule has 23 heavy (non-hydrogen) atoms. The summed E-state index contributed by atoms with van der Waals surface area (Å²) in [6.45, 7) is 0. The highest BCUT2D eigenvalue weighted by atomic mass is 31.0. The van der Waals surface area contributed by atoms with Gasteiger partial charge < -0.3 is 9.47 Å². The lowest BCUT2D eigenvalue weighted by Gasteiger charge is -2.16. The molecule has 0 heterocycles. The first-order valence-corrected chi connectivity index (χ1v) is 7.99. The van der Waals surface area contributed by atoms with Gasteiger partial charge >= 0.3 is 0 Å². The standard InChI is InChI=1S/C20H19O2P/c1-21-18-12-5-3-8-14(18)16-10-7-11-17(20(16)23)15-9-4-6-13-19(15)22-2/h3-13H,23H2,1-2H3. The van der Waals surface area contributed by atoms with Crippen LogP contribution >= 0.6 is 9.24 Å². The molecule has 0 aliphatic heterocycles. The van der Waals surface area contributed by atoms with Gasteiger partial charge in [-0.1, -0.05) is 54.6 Å². The number of para-hydroxylation sites is 2. The quantitative estimate of drug-likeness (QED) is 0.657. The van der Waals surface area contributed by atoms with Crippen molar-refractivity contribution in [1.82, 2.24) is 0 Å². The number of benzene rings is 3. The zero-order valence-corrected chi connectivity index (χ0v) is 14.4. The van der Waals surface area contributed by atoms with Gasteiger partial charge in [0.15, 0.2) is 0 Å². The molecule has 3 aromatic carbocycles. The fraction of sp³-hybridized carbons (Fsp3) is 0.100. The van der Waals surface area contributed by atoms with Gasteiger partial charge in [0.05, 0.1) is 14.2 Å². The molecule has 0 aliphatic rings. The van der Waals surface area contributed by atoms with Crippen LogP contribution in [-0.2, 0) is 0 Å². The molecule has 0 radical (unpaired) electrons. The van der Waals surface area contributed by atoms with E-state index in [0.717, 1.165) is 39.1 Å². The maximum atomic E-state index is 5.51. The van der Waals surface area contributed by atoms with Gasteiger partial charge in [0.1, 0.15) is 11.5 Å². The van der Waals surface area contributed by atoms with Crippen molar-refractivity contribution < 1.29 is 9.47 Å². The van der Waals surface area contributed by atoms with Gasteiger partial charge in [-0.05, 0) is 28.6 Å². The summed E-state index contributed by atoms with van der Waals surface area (Å²) in [5.74, 6) is 1.74. The summed E-state index contributed by atoms with van der Waals surface area (Å²) in [7, 11) is 6.27. The highest BCUT2D eigenvalue weighted by Crippen LogP contribution is 2.35. The molecule has 1 unspecified atom stereocenters. The average Bonchev–Trinajstić information content (AvgIpc) is 2.62. The van der Waals surface area contributed by atoms with Crippen molar-refractivity contribution in [2.75, 3.05) is 14.2 Å². The molecule has 116 valence electrons. The number of ether oxygens (including phenoxy) is 2. The Hall–Kier alpha value is -2.31. The fourth-order valence-electron chi connectivity index (χ4n) is 2.77. The molecule has 0 spiro atoms. The topological polar surface area (TPSA) is 18.5 Å². The minimum absolute atomic E-state index is 0.869. The van der Waals surface area contributed by atoms with Gasteiger partial charge in [-0.2, -0.15) is 0 Å². The monoisotopic (exact) mass is 322 g/mol. The third-order valence-electron chi connectivity index (χ3n) is 3.90. The molecule has 0 fully saturated rings. The lowest BCUT2D eigenvalue weighted by atomic mass is 9.97. The van der Waals surface area contributed by atoms with E-state index in [1.165, 1.54) is 0 Å². The Morgan fingerprint density at radius 1 is 0.565 bits per heavy atom. The number of hydrogen-bond acceptors (Lipinski definition) is 2. The first-order chi connectivity index (χ1) is 11.3. The van der Waals surface area contributed by atoms with Gasteiger partial charge in [-0.25, -0.2) is 0 Å². The van der Waals surface area contributed by atoms with Gasteiger partial charge in [-0.15, -0.1) is 9.24 Å². The smallest absolute Gasteiger partial charge is 0.126 e. The van der Waals surface area contributed by atoms with Crippen molar-refractivity contribution in [3.8, 4) is 33.8 Å². The summed E-state index contributed by atoms with van der Waals surface area (Å²) in [5, 5.41) is 1.13. The third kappa shape index (κ3) is 2.95. The SMILES string of the molecule is COc1ccccc1-c1cccc(-c2ccccc2OC)c1P. The van der Waals surface area contributed by atoms with Gasteiger partial charge in [0, 0.05) is 11.1 Å². The maximum Gasteiger partial charge on any atom is 0.126 e. The normalized spacial score (nSPS) is 10.4. The summed E-state index contributed by atoms with van der Waals surface area (Å²) in [6, 6.07) is 22.4. The molecule has 0 aliphatic carbocycles. The molecule has 3 heteroatoms. The molecule has 0 saturated heterocycles.